The summed E-state index contributed by atoms with van der Waals surface area (Å²) in [4.78, 5) is 36.3. The Morgan fingerprint density at radius 3 is 1.05 bits per heavy atom. The first-order valence-electron chi connectivity index (χ1n) is 12.2. The highest BCUT2D eigenvalue weighted by atomic mass is 16.9. The van der Waals surface area contributed by atoms with Gasteiger partial charge in [-0.1, -0.05) is 97.1 Å². The maximum absolute atomic E-state index is 12.2. The smallest absolute Gasteiger partial charge is 0.433 e. The Morgan fingerprint density at radius 2 is 0.737 bits per heavy atom. The lowest BCUT2D eigenvalue weighted by Crippen LogP contribution is -2.22. The first-order chi connectivity index (χ1) is 18.6. The third-order valence-electron chi connectivity index (χ3n) is 6.99. The van der Waals surface area contributed by atoms with Crippen LogP contribution in [0.15, 0.2) is 97.1 Å². The molecule has 0 amide bonds. The Morgan fingerprint density at radius 1 is 0.447 bits per heavy atom. The van der Waals surface area contributed by atoms with E-state index < -0.39 is 18.5 Å². The topological polar surface area (TPSA) is 88.1 Å². The van der Waals surface area contributed by atoms with E-state index in [1.165, 1.54) is 0 Å². The van der Waals surface area contributed by atoms with Crippen LogP contribution in [0.5, 0.6) is 0 Å². The summed E-state index contributed by atoms with van der Waals surface area (Å²) in [5.41, 5.74) is 8.34. The van der Waals surface area contributed by atoms with Crippen LogP contribution in [0.25, 0.3) is 22.3 Å². The second-order valence-electron chi connectivity index (χ2n) is 9.03. The van der Waals surface area contributed by atoms with Crippen LogP contribution in [0, 0.1) is 0 Å². The summed E-state index contributed by atoms with van der Waals surface area (Å²) < 4.78 is 19.4. The van der Waals surface area contributed by atoms with Crippen molar-refractivity contribution in [3.8, 4) is 22.3 Å². The second-order valence-corrected chi connectivity index (χ2v) is 9.03. The zero-order valence-electron chi connectivity index (χ0n) is 20.2. The number of carbonyl (C=O) groups excluding carboxylic acids is 3. The van der Waals surface area contributed by atoms with Crippen molar-refractivity contribution in [3.63, 3.8) is 0 Å². The highest BCUT2D eigenvalue weighted by Crippen LogP contribution is 2.45. The van der Waals surface area contributed by atoms with E-state index in [9.17, 15) is 14.4 Å². The van der Waals surface area contributed by atoms with E-state index in [1.54, 1.807) is 0 Å². The minimum Gasteiger partial charge on any atom is -0.433 e. The Balaban J connectivity index is 1.02. The van der Waals surface area contributed by atoms with Crippen LogP contribution >= 0.6 is 0 Å². The van der Waals surface area contributed by atoms with Gasteiger partial charge in [-0.25, -0.2) is 14.4 Å². The molecule has 0 saturated heterocycles. The third kappa shape index (κ3) is 4.28. The van der Waals surface area contributed by atoms with Gasteiger partial charge in [0.1, 0.15) is 13.2 Å². The van der Waals surface area contributed by atoms with Crippen molar-refractivity contribution >= 4 is 18.5 Å². The van der Waals surface area contributed by atoms with Gasteiger partial charge < -0.3 is 18.9 Å². The predicted molar refractivity (Wildman–Crippen MR) is 138 cm³/mol. The van der Waals surface area contributed by atoms with Crippen molar-refractivity contribution in [2.45, 2.75) is 11.8 Å². The SMILES string of the molecule is O=C(OCC1c2ccccc2-c2ccccc21)OC(=O)OC(=O)OCC1c2ccccc2-c2ccccc21. The van der Waals surface area contributed by atoms with Crippen molar-refractivity contribution in [1.29, 1.82) is 0 Å². The van der Waals surface area contributed by atoms with Gasteiger partial charge in [0.2, 0.25) is 0 Å². The molecule has 0 heterocycles. The summed E-state index contributed by atoms with van der Waals surface area (Å²) in [5.74, 6) is -0.402. The van der Waals surface area contributed by atoms with Crippen LogP contribution in [0.1, 0.15) is 34.1 Å². The fraction of sp³-hybridized carbons (Fsp3) is 0.129. The van der Waals surface area contributed by atoms with E-state index in [4.69, 9.17) is 9.47 Å². The van der Waals surface area contributed by atoms with E-state index in [0.717, 1.165) is 44.5 Å². The molecule has 0 atom stereocenters. The maximum Gasteiger partial charge on any atom is 0.528 e. The molecule has 0 aliphatic heterocycles. The van der Waals surface area contributed by atoms with E-state index >= 15 is 0 Å². The van der Waals surface area contributed by atoms with Gasteiger partial charge in [-0.2, -0.15) is 0 Å². The number of carbonyl (C=O) groups is 3. The molecular formula is C31H22O7. The normalized spacial score (nSPS) is 13.1. The van der Waals surface area contributed by atoms with E-state index in [-0.39, 0.29) is 25.0 Å². The third-order valence-corrected chi connectivity index (χ3v) is 6.99. The lowest BCUT2D eigenvalue weighted by atomic mass is 9.98. The van der Waals surface area contributed by atoms with Crippen molar-refractivity contribution in [2.24, 2.45) is 0 Å². The molecule has 0 unspecified atom stereocenters. The Labute approximate surface area is 218 Å². The fourth-order valence-corrected chi connectivity index (χ4v) is 5.40. The highest BCUT2D eigenvalue weighted by molar-refractivity contribution is 5.84. The first kappa shape index (κ1) is 23.5. The van der Waals surface area contributed by atoms with Crippen molar-refractivity contribution in [1.82, 2.24) is 0 Å². The first-order valence-corrected chi connectivity index (χ1v) is 12.2. The van der Waals surface area contributed by atoms with Crippen molar-refractivity contribution in [3.05, 3.63) is 119 Å². The quantitative estimate of drug-likeness (QED) is 0.217. The largest absolute Gasteiger partial charge is 0.528 e. The lowest BCUT2D eigenvalue weighted by molar-refractivity contribution is 0.0270. The van der Waals surface area contributed by atoms with E-state index in [0.29, 0.717) is 0 Å². The molecular weight excluding hydrogens is 484 g/mol. The summed E-state index contributed by atoms with van der Waals surface area (Å²) in [7, 11) is 0. The number of benzene rings is 4. The molecule has 0 N–H and O–H groups in total. The summed E-state index contributed by atoms with van der Waals surface area (Å²) in [6.45, 7) is -0.0732. The summed E-state index contributed by atoms with van der Waals surface area (Å²) in [6.07, 6.45) is -4.04. The molecule has 2 aliphatic rings. The molecule has 38 heavy (non-hydrogen) atoms. The number of hydrogen-bond donors (Lipinski definition) is 0. The molecule has 0 fully saturated rings. The van der Waals surface area contributed by atoms with Gasteiger partial charge in [0.05, 0.1) is 0 Å². The van der Waals surface area contributed by atoms with E-state index in [2.05, 4.69) is 9.47 Å². The van der Waals surface area contributed by atoms with E-state index in [1.807, 2.05) is 97.1 Å². The lowest BCUT2D eigenvalue weighted by Gasteiger charge is -2.14. The molecule has 7 nitrogen and oxygen atoms in total. The maximum atomic E-state index is 12.2. The number of ether oxygens (including phenoxy) is 4. The minimum atomic E-state index is -1.51. The van der Waals surface area contributed by atoms with Crippen LogP contribution in [-0.2, 0) is 18.9 Å². The Hall–Kier alpha value is -4.91. The average molecular weight is 507 g/mol. The van der Waals surface area contributed by atoms with Gasteiger partial charge in [0.15, 0.2) is 0 Å². The van der Waals surface area contributed by atoms with Crippen LogP contribution in [0.3, 0.4) is 0 Å². The second kappa shape index (κ2) is 9.86. The molecule has 0 spiro atoms. The molecule has 4 aromatic rings. The van der Waals surface area contributed by atoms with Gasteiger partial charge in [-0.15, -0.1) is 0 Å². The highest BCUT2D eigenvalue weighted by Gasteiger charge is 2.31. The monoisotopic (exact) mass is 506 g/mol. The molecule has 7 heteroatoms. The van der Waals surface area contributed by atoms with Crippen LogP contribution < -0.4 is 0 Å². The molecule has 0 aromatic heterocycles. The molecule has 6 rings (SSSR count). The molecule has 0 bridgehead atoms. The zero-order chi connectivity index (χ0) is 26.1. The molecule has 2 aliphatic carbocycles. The van der Waals surface area contributed by atoms with Gasteiger partial charge in [0, 0.05) is 11.8 Å². The Bertz CT molecular complexity index is 1350. The number of rotatable bonds is 4. The van der Waals surface area contributed by atoms with Crippen LogP contribution in [0.2, 0.25) is 0 Å². The summed E-state index contributed by atoms with van der Waals surface area (Å²) >= 11 is 0. The molecule has 188 valence electrons. The summed E-state index contributed by atoms with van der Waals surface area (Å²) in [6, 6.07) is 31.4. The van der Waals surface area contributed by atoms with Crippen LogP contribution in [0.4, 0.5) is 14.4 Å². The van der Waals surface area contributed by atoms with Gasteiger partial charge in [-0.05, 0) is 44.5 Å². The molecule has 0 saturated carbocycles. The number of fused-ring (bicyclic) bond motifs is 6. The summed E-state index contributed by atoms with van der Waals surface area (Å²) in [5, 5.41) is 0. The van der Waals surface area contributed by atoms with Crippen molar-refractivity contribution in [2.75, 3.05) is 13.2 Å². The number of hydrogen-bond acceptors (Lipinski definition) is 7. The van der Waals surface area contributed by atoms with Crippen LogP contribution in [-0.4, -0.2) is 31.7 Å². The predicted octanol–water partition coefficient (Wildman–Crippen LogP) is 7.04. The Kier molecular flexibility index (Phi) is 6.09. The average Bonchev–Trinajstić information content (AvgIpc) is 3.43. The van der Waals surface area contributed by atoms with Gasteiger partial charge >= 0.3 is 18.5 Å². The standard InChI is InChI=1S/C31H22O7/c32-29(35-17-27-23-13-5-1-9-19(23)20-10-2-6-14-24(20)27)37-31(34)38-30(33)36-18-28-25-15-7-3-11-21(25)22-12-4-8-16-26(22)28/h1-16,27-28H,17-18H2. The molecule has 4 aromatic carbocycles. The fourth-order valence-electron chi connectivity index (χ4n) is 5.40. The van der Waals surface area contributed by atoms with Gasteiger partial charge in [0.25, 0.3) is 0 Å². The van der Waals surface area contributed by atoms with Crippen molar-refractivity contribution < 1.29 is 33.3 Å². The zero-order valence-corrected chi connectivity index (χ0v) is 20.2. The van der Waals surface area contributed by atoms with Gasteiger partial charge in [-0.3, -0.25) is 0 Å². The molecule has 0 radical (unpaired) electrons. The minimum absolute atomic E-state index is 0.0366.